The van der Waals surface area contributed by atoms with Gasteiger partial charge in [0.1, 0.15) is 5.78 Å². The van der Waals surface area contributed by atoms with E-state index >= 15 is 0 Å². The first-order chi connectivity index (χ1) is 13.5. The minimum Gasteiger partial charge on any atom is -0.392 e. The molecule has 0 aromatic rings. The number of unbranched alkanes of at least 4 members (excludes halogenated alkanes) is 3. The van der Waals surface area contributed by atoms with E-state index < -0.39 is 12.2 Å². The van der Waals surface area contributed by atoms with Crippen molar-refractivity contribution in [2.45, 2.75) is 95.8 Å². The third-order valence-electron chi connectivity index (χ3n) is 5.67. The summed E-state index contributed by atoms with van der Waals surface area (Å²) in [6.07, 6.45) is 15.6. The lowest BCUT2D eigenvalue weighted by molar-refractivity contribution is -0.122. The zero-order valence-electron chi connectivity index (χ0n) is 17.2. The number of hydrogen-bond donors (Lipinski definition) is 3. The Morgan fingerprint density at radius 3 is 2.75 bits per heavy atom. The second-order valence-corrected chi connectivity index (χ2v) is 8.31. The van der Waals surface area contributed by atoms with Gasteiger partial charge < -0.3 is 15.5 Å². The molecule has 158 valence electrons. The van der Waals surface area contributed by atoms with E-state index in [-0.39, 0.29) is 29.9 Å². The van der Waals surface area contributed by atoms with E-state index in [2.05, 4.69) is 12.2 Å². The first-order valence-electron chi connectivity index (χ1n) is 11.0. The van der Waals surface area contributed by atoms with Crippen LogP contribution in [0.4, 0.5) is 0 Å². The molecule has 4 atom stereocenters. The van der Waals surface area contributed by atoms with Gasteiger partial charge in [0.15, 0.2) is 0 Å². The fourth-order valence-electron chi connectivity index (χ4n) is 3.75. The van der Waals surface area contributed by atoms with Crippen molar-refractivity contribution in [2.75, 3.05) is 0 Å². The predicted molar refractivity (Wildman–Crippen MR) is 111 cm³/mol. The highest BCUT2D eigenvalue weighted by molar-refractivity contribution is 5.84. The SMILES string of the molecule is CCCCC[C@H](O)/C=C/[C@H]1[C@H](O)CC(=O)[C@@H]1C/C=C\CCCC(=O)NC1CC1. The number of nitrogens with one attached hydrogen (secondary N) is 1. The summed E-state index contributed by atoms with van der Waals surface area (Å²) in [7, 11) is 0. The maximum absolute atomic E-state index is 12.2. The number of aliphatic hydroxyl groups is 2. The molecule has 28 heavy (non-hydrogen) atoms. The minimum atomic E-state index is -0.656. The Labute approximate surface area is 169 Å². The molecule has 2 aliphatic carbocycles. The molecule has 0 bridgehead atoms. The minimum absolute atomic E-state index is 0.0936. The molecule has 0 radical (unpaired) electrons. The monoisotopic (exact) mass is 391 g/mol. The van der Waals surface area contributed by atoms with E-state index in [0.29, 0.717) is 18.9 Å². The van der Waals surface area contributed by atoms with Gasteiger partial charge in [0.05, 0.1) is 12.2 Å². The highest BCUT2D eigenvalue weighted by Gasteiger charge is 2.39. The van der Waals surface area contributed by atoms with E-state index in [1.165, 1.54) is 0 Å². The Morgan fingerprint density at radius 1 is 1.25 bits per heavy atom. The van der Waals surface area contributed by atoms with Gasteiger partial charge >= 0.3 is 0 Å². The normalized spacial score (nSPS) is 26.4. The van der Waals surface area contributed by atoms with Crippen LogP contribution in [0, 0.1) is 11.8 Å². The van der Waals surface area contributed by atoms with Crippen molar-refractivity contribution >= 4 is 11.7 Å². The van der Waals surface area contributed by atoms with Crippen LogP contribution in [0.2, 0.25) is 0 Å². The molecule has 2 fully saturated rings. The number of allylic oxidation sites excluding steroid dienone is 2. The van der Waals surface area contributed by atoms with Gasteiger partial charge in [0.25, 0.3) is 0 Å². The van der Waals surface area contributed by atoms with Gasteiger partial charge in [-0.05, 0) is 38.5 Å². The average Bonchev–Trinajstić information content (AvgIpc) is 3.41. The summed E-state index contributed by atoms with van der Waals surface area (Å²) >= 11 is 0. The summed E-state index contributed by atoms with van der Waals surface area (Å²) in [5, 5.41) is 23.2. The molecule has 2 aliphatic rings. The Hall–Kier alpha value is -1.46. The highest BCUT2D eigenvalue weighted by Crippen LogP contribution is 2.33. The third kappa shape index (κ3) is 8.27. The molecule has 0 aromatic carbocycles. The van der Waals surface area contributed by atoms with Gasteiger partial charge in [-0.3, -0.25) is 9.59 Å². The summed E-state index contributed by atoms with van der Waals surface area (Å²) < 4.78 is 0. The fourth-order valence-corrected chi connectivity index (χ4v) is 3.75. The summed E-state index contributed by atoms with van der Waals surface area (Å²) in [6.45, 7) is 2.13. The molecular weight excluding hydrogens is 354 g/mol. The predicted octanol–water partition coefficient (Wildman–Crippen LogP) is 3.45. The lowest BCUT2D eigenvalue weighted by atomic mass is 9.90. The molecule has 5 nitrogen and oxygen atoms in total. The van der Waals surface area contributed by atoms with Crippen LogP contribution in [-0.2, 0) is 9.59 Å². The maximum atomic E-state index is 12.2. The summed E-state index contributed by atoms with van der Waals surface area (Å²) in [6, 6.07) is 0.415. The van der Waals surface area contributed by atoms with Crippen molar-refractivity contribution in [3.05, 3.63) is 24.3 Å². The zero-order valence-corrected chi connectivity index (χ0v) is 17.2. The quantitative estimate of drug-likeness (QED) is 0.331. The Bertz CT molecular complexity index is 553. The first-order valence-corrected chi connectivity index (χ1v) is 11.0. The van der Waals surface area contributed by atoms with Crippen molar-refractivity contribution in [1.29, 1.82) is 0 Å². The van der Waals surface area contributed by atoms with Gasteiger partial charge in [-0.25, -0.2) is 0 Å². The highest BCUT2D eigenvalue weighted by atomic mass is 16.3. The Balaban J connectivity index is 1.71. The molecular formula is C23H37NO4. The van der Waals surface area contributed by atoms with Crippen LogP contribution in [0.25, 0.3) is 0 Å². The average molecular weight is 392 g/mol. The number of Topliss-reactive ketones (excluding diaryl/α,β-unsaturated/α-hetero) is 1. The smallest absolute Gasteiger partial charge is 0.220 e. The van der Waals surface area contributed by atoms with Crippen molar-refractivity contribution in [1.82, 2.24) is 5.32 Å². The fraction of sp³-hybridized carbons (Fsp3) is 0.739. The molecule has 2 rings (SSSR count). The van der Waals surface area contributed by atoms with Crippen LogP contribution in [0.5, 0.6) is 0 Å². The van der Waals surface area contributed by atoms with Crippen LogP contribution < -0.4 is 5.32 Å². The molecule has 1 amide bonds. The largest absolute Gasteiger partial charge is 0.392 e. The third-order valence-corrected chi connectivity index (χ3v) is 5.67. The molecule has 0 aliphatic heterocycles. The molecule has 0 heterocycles. The first kappa shape index (κ1) is 22.8. The number of aliphatic hydroxyl groups excluding tert-OH is 2. The lowest BCUT2D eigenvalue weighted by Gasteiger charge is -2.16. The van der Waals surface area contributed by atoms with Crippen molar-refractivity contribution in [3.63, 3.8) is 0 Å². The molecule has 0 aromatic heterocycles. The van der Waals surface area contributed by atoms with Crippen LogP contribution in [0.15, 0.2) is 24.3 Å². The Morgan fingerprint density at radius 2 is 2.04 bits per heavy atom. The maximum Gasteiger partial charge on any atom is 0.220 e. The topological polar surface area (TPSA) is 86.6 Å². The molecule has 3 N–H and O–H groups in total. The van der Waals surface area contributed by atoms with E-state index in [0.717, 1.165) is 51.4 Å². The van der Waals surface area contributed by atoms with Crippen molar-refractivity contribution in [2.24, 2.45) is 11.8 Å². The zero-order chi connectivity index (χ0) is 20.4. The van der Waals surface area contributed by atoms with Gasteiger partial charge in [-0.15, -0.1) is 0 Å². The molecule has 2 saturated carbocycles. The Kier molecular flexibility index (Phi) is 9.93. The number of carbonyl (C=O) groups is 2. The lowest BCUT2D eigenvalue weighted by Crippen LogP contribution is -2.24. The second kappa shape index (κ2) is 12.2. The van der Waals surface area contributed by atoms with Crippen molar-refractivity contribution < 1.29 is 19.8 Å². The molecule has 5 heteroatoms. The standard InChI is InChI=1S/C23H37NO4/c1-2-3-6-9-18(25)14-15-20-19(21(26)16-22(20)27)10-7-4-5-8-11-23(28)24-17-12-13-17/h4,7,14-15,17-20,22,25,27H,2-3,5-6,8-13,16H2,1H3,(H,24,28)/b7-4-,15-14+/t18-,19+,20+,22+/m0/s1. The molecule has 0 spiro atoms. The number of rotatable bonds is 13. The van der Waals surface area contributed by atoms with Crippen LogP contribution >= 0.6 is 0 Å². The van der Waals surface area contributed by atoms with Crippen LogP contribution in [0.3, 0.4) is 0 Å². The summed E-state index contributed by atoms with van der Waals surface area (Å²) in [5.74, 6) is -0.213. The van der Waals surface area contributed by atoms with Crippen molar-refractivity contribution in [3.8, 4) is 0 Å². The van der Waals surface area contributed by atoms with E-state index in [1.54, 1.807) is 6.08 Å². The summed E-state index contributed by atoms with van der Waals surface area (Å²) in [4.78, 5) is 23.9. The van der Waals surface area contributed by atoms with Gasteiger partial charge in [-0.1, -0.05) is 50.5 Å². The number of carbonyl (C=O) groups excluding carboxylic acids is 2. The van der Waals surface area contributed by atoms with E-state index in [9.17, 15) is 19.8 Å². The van der Waals surface area contributed by atoms with Crippen LogP contribution in [-0.4, -0.2) is 40.2 Å². The number of amides is 1. The van der Waals surface area contributed by atoms with E-state index in [4.69, 9.17) is 0 Å². The van der Waals surface area contributed by atoms with Gasteiger partial charge in [-0.2, -0.15) is 0 Å². The van der Waals surface area contributed by atoms with Gasteiger partial charge in [0, 0.05) is 30.7 Å². The second-order valence-electron chi connectivity index (χ2n) is 8.31. The van der Waals surface area contributed by atoms with Gasteiger partial charge in [0.2, 0.25) is 5.91 Å². The number of ketones is 1. The molecule has 0 unspecified atom stereocenters. The van der Waals surface area contributed by atoms with Crippen LogP contribution in [0.1, 0.15) is 77.6 Å². The molecule has 0 saturated heterocycles. The number of hydrogen-bond acceptors (Lipinski definition) is 4. The van der Waals surface area contributed by atoms with E-state index in [1.807, 2.05) is 18.2 Å². The summed E-state index contributed by atoms with van der Waals surface area (Å²) in [5.41, 5.74) is 0.